The Balaban J connectivity index is 1.52. The van der Waals surface area contributed by atoms with Gasteiger partial charge in [0.2, 0.25) is 5.91 Å². The molecule has 1 aliphatic heterocycles. The fourth-order valence-corrected chi connectivity index (χ4v) is 3.60. The first-order chi connectivity index (χ1) is 14.4. The second kappa shape index (κ2) is 8.14. The summed E-state index contributed by atoms with van der Waals surface area (Å²) < 4.78 is 0. The summed E-state index contributed by atoms with van der Waals surface area (Å²) in [5, 5.41) is 3.65. The number of anilines is 2. The maximum absolute atomic E-state index is 12.6. The monoisotopic (exact) mass is 436 g/mol. The topological polar surface area (TPSA) is 66.5 Å². The van der Waals surface area contributed by atoms with Crippen molar-refractivity contribution in [1.82, 2.24) is 0 Å². The van der Waals surface area contributed by atoms with Crippen LogP contribution in [-0.4, -0.2) is 17.7 Å². The molecular weight excluding hydrogens is 423 g/mol. The minimum Gasteiger partial charge on any atom is -0.322 e. The van der Waals surface area contributed by atoms with E-state index in [2.05, 4.69) is 5.32 Å². The summed E-state index contributed by atoms with van der Waals surface area (Å²) in [6, 6.07) is 18.2. The van der Waals surface area contributed by atoms with Gasteiger partial charge in [0.25, 0.3) is 11.8 Å². The van der Waals surface area contributed by atoms with Crippen LogP contribution < -0.4 is 10.2 Å². The molecule has 1 heterocycles. The van der Waals surface area contributed by atoms with Gasteiger partial charge in [-0.1, -0.05) is 47.5 Å². The Hall–Kier alpha value is -3.41. The zero-order valence-corrected chi connectivity index (χ0v) is 16.9. The van der Waals surface area contributed by atoms with Crippen LogP contribution in [0.25, 0.3) is 6.08 Å². The van der Waals surface area contributed by atoms with E-state index >= 15 is 0 Å². The molecule has 3 amide bonds. The highest BCUT2D eigenvalue weighted by Crippen LogP contribution is 2.29. The van der Waals surface area contributed by atoms with Crippen LogP contribution in [0.2, 0.25) is 10.0 Å². The summed E-state index contributed by atoms with van der Waals surface area (Å²) in [4.78, 5) is 38.7. The molecule has 0 spiro atoms. The van der Waals surface area contributed by atoms with Crippen molar-refractivity contribution < 1.29 is 14.4 Å². The normalized spacial score (nSPS) is 13.1. The van der Waals surface area contributed by atoms with Gasteiger partial charge in [0.1, 0.15) is 0 Å². The van der Waals surface area contributed by atoms with Crippen LogP contribution in [0.4, 0.5) is 11.4 Å². The molecule has 148 valence electrons. The van der Waals surface area contributed by atoms with Crippen molar-refractivity contribution in [3.8, 4) is 0 Å². The summed E-state index contributed by atoms with van der Waals surface area (Å²) in [7, 11) is 0. The van der Waals surface area contributed by atoms with E-state index in [0.717, 1.165) is 4.90 Å². The Morgan fingerprint density at radius 2 is 1.57 bits per heavy atom. The van der Waals surface area contributed by atoms with E-state index in [1.165, 1.54) is 6.08 Å². The minimum atomic E-state index is -0.392. The summed E-state index contributed by atoms with van der Waals surface area (Å²) in [6.07, 6.45) is 2.91. The first kappa shape index (κ1) is 19.9. The van der Waals surface area contributed by atoms with Crippen LogP contribution in [0.1, 0.15) is 26.3 Å². The molecule has 3 aromatic rings. The highest BCUT2D eigenvalue weighted by Gasteiger charge is 2.36. The largest absolute Gasteiger partial charge is 0.322 e. The highest BCUT2D eigenvalue weighted by molar-refractivity contribution is 6.36. The maximum atomic E-state index is 12.6. The Morgan fingerprint density at radius 1 is 0.867 bits per heavy atom. The van der Waals surface area contributed by atoms with Crippen molar-refractivity contribution in [2.24, 2.45) is 0 Å². The van der Waals surface area contributed by atoms with Crippen molar-refractivity contribution in [2.75, 3.05) is 10.2 Å². The quantitative estimate of drug-likeness (QED) is 0.436. The number of nitrogens with one attached hydrogen (secondary N) is 1. The fraction of sp³-hybridized carbons (Fsp3) is 0. The SMILES string of the molecule is O=C(/C=C/c1ccc(Cl)cc1Cl)Nc1cccc(N2C(=O)c3ccccc3C2=O)c1. The third-order valence-corrected chi connectivity index (χ3v) is 5.11. The number of hydrogen-bond acceptors (Lipinski definition) is 3. The Morgan fingerprint density at radius 3 is 2.23 bits per heavy atom. The Bertz CT molecular complexity index is 1190. The first-order valence-electron chi connectivity index (χ1n) is 8.96. The average molecular weight is 437 g/mol. The molecule has 0 radical (unpaired) electrons. The number of amides is 3. The van der Waals surface area contributed by atoms with Gasteiger partial charge in [-0.3, -0.25) is 14.4 Å². The van der Waals surface area contributed by atoms with E-state index < -0.39 is 11.8 Å². The second-order valence-electron chi connectivity index (χ2n) is 6.53. The third kappa shape index (κ3) is 3.85. The van der Waals surface area contributed by atoms with Gasteiger partial charge in [0.15, 0.2) is 0 Å². The van der Waals surface area contributed by atoms with Gasteiger partial charge in [0, 0.05) is 21.8 Å². The van der Waals surface area contributed by atoms with Crippen molar-refractivity contribution in [3.63, 3.8) is 0 Å². The summed E-state index contributed by atoms with van der Waals surface area (Å²) in [5.41, 5.74) is 2.19. The molecule has 0 aliphatic carbocycles. The number of halogens is 2. The van der Waals surface area contributed by atoms with Crippen LogP contribution in [0.15, 0.2) is 72.8 Å². The van der Waals surface area contributed by atoms with Crippen LogP contribution in [-0.2, 0) is 4.79 Å². The second-order valence-corrected chi connectivity index (χ2v) is 7.37. The third-order valence-electron chi connectivity index (χ3n) is 4.54. The molecule has 0 aromatic heterocycles. The molecule has 4 rings (SSSR count). The van der Waals surface area contributed by atoms with E-state index in [-0.39, 0.29) is 5.91 Å². The first-order valence-corrected chi connectivity index (χ1v) is 9.71. The van der Waals surface area contributed by atoms with E-state index in [9.17, 15) is 14.4 Å². The maximum Gasteiger partial charge on any atom is 0.266 e. The highest BCUT2D eigenvalue weighted by atomic mass is 35.5. The van der Waals surface area contributed by atoms with Gasteiger partial charge in [0.05, 0.1) is 16.8 Å². The molecule has 1 N–H and O–H groups in total. The molecule has 1 aliphatic rings. The number of imide groups is 1. The number of benzene rings is 3. The van der Waals surface area contributed by atoms with Crippen molar-refractivity contribution in [1.29, 1.82) is 0 Å². The molecule has 7 heteroatoms. The minimum absolute atomic E-state index is 0.361. The zero-order chi connectivity index (χ0) is 21.3. The number of rotatable bonds is 4. The fourth-order valence-electron chi connectivity index (χ4n) is 3.13. The number of nitrogens with zero attached hydrogens (tertiary/aromatic N) is 1. The molecule has 0 saturated carbocycles. The van der Waals surface area contributed by atoms with Gasteiger partial charge in [-0.05, 0) is 54.1 Å². The Kier molecular flexibility index (Phi) is 5.40. The number of carbonyl (C=O) groups is 3. The molecular formula is C23H14Cl2N2O3. The van der Waals surface area contributed by atoms with Crippen molar-refractivity contribution in [3.05, 3.63) is 99.5 Å². The van der Waals surface area contributed by atoms with Crippen LogP contribution in [0.3, 0.4) is 0 Å². The molecule has 0 unspecified atom stereocenters. The van der Waals surface area contributed by atoms with Gasteiger partial charge in [-0.25, -0.2) is 4.90 Å². The summed E-state index contributed by atoms with van der Waals surface area (Å²) in [6.45, 7) is 0. The molecule has 0 saturated heterocycles. The van der Waals surface area contributed by atoms with Gasteiger partial charge < -0.3 is 5.32 Å². The molecule has 30 heavy (non-hydrogen) atoms. The van der Waals surface area contributed by atoms with Crippen molar-refractivity contribution >= 4 is 58.4 Å². The van der Waals surface area contributed by atoms with Crippen LogP contribution in [0, 0.1) is 0 Å². The Labute approximate surface area is 182 Å². The van der Waals surface area contributed by atoms with E-state index in [1.807, 2.05) is 0 Å². The smallest absolute Gasteiger partial charge is 0.266 e. The van der Waals surface area contributed by atoms with Crippen LogP contribution in [0.5, 0.6) is 0 Å². The molecule has 5 nitrogen and oxygen atoms in total. The lowest BCUT2D eigenvalue weighted by Gasteiger charge is -2.15. The van der Waals surface area contributed by atoms with E-state index in [4.69, 9.17) is 23.2 Å². The summed E-state index contributed by atoms with van der Waals surface area (Å²) >= 11 is 12.0. The lowest BCUT2D eigenvalue weighted by molar-refractivity contribution is -0.111. The molecule has 0 bridgehead atoms. The predicted octanol–water partition coefficient (Wildman–Crippen LogP) is 5.45. The molecule has 0 fully saturated rings. The van der Waals surface area contributed by atoms with Crippen molar-refractivity contribution in [2.45, 2.75) is 0 Å². The molecule has 0 atom stereocenters. The number of carbonyl (C=O) groups excluding carboxylic acids is 3. The predicted molar refractivity (Wildman–Crippen MR) is 118 cm³/mol. The number of fused-ring (bicyclic) bond motifs is 1. The number of hydrogen-bond donors (Lipinski definition) is 1. The van der Waals surface area contributed by atoms with E-state index in [1.54, 1.807) is 72.8 Å². The van der Waals surface area contributed by atoms with Gasteiger partial charge in [-0.15, -0.1) is 0 Å². The standard InChI is InChI=1S/C23H14Cl2N2O3/c24-15-10-8-14(20(25)12-15)9-11-21(28)26-16-4-3-5-17(13-16)27-22(29)18-6-1-2-7-19(18)23(27)30/h1-13H,(H,26,28)/b11-9+. The molecule has 3 aromatic carbocycles. The average Bonchev–Trinajstić information content (AvgIpc) is 2.98. The van der Waals surface area contributed by atoms with Gasteiger partial charge >= 0.3 is 0 Å². The lowest BCUT2D eigenvalue weighted by Crippen LogP contribution is -2.29. The van der Waals surface area contributed by atoms with Crippen LogP contribution >= 0.6 is 23.2 Å². The van der Waals surface area contributed by atoms with E-state index in [0.29, 0.717) is 38.1 Å². The van der Waals surface area contributed by atoms with Gasteiger partial charge in [-0.2, -0.15) is 0 Å². The summed E-state index contributed by atoms with van der Waals surface area (Å²) in [5.74, 6) is -1.17. The zero-order valence-electron chi connectivity index (χ0n) is 15.4. The lowest BCUT2D eigenvalue weighted by atomic mass is 10.1.